The van der Waals surface area contributed by atoms with E-state index in [0.29, 0.717) is 28.9 Å². The van der Waals surface area contributed by atoms with E-state index in [2.05, 4.69) is 10.3 Å². The molecule has 3 rings (SSSR count). The van der Waals surface area contributed by atoms with E-state index in [1.54, 1.807) is 32.4 Å². The van der Waals surface area contributed by atoms with Crippen LogP contribution in [0.5, 0.6) is 11.5 Å². The van der Waals surface area contributed by atoms with Gasteiger partial charge in [-0.15, -0.1) is 0 Å². The number of fused-ring (bicyclic) bond motifs is 1. The SMILES string of the molecule is COc1cc(CNC(=O)Cn2cnc3c(C)cccc3c2=O)cc(OC)c1. The second-order valence-electron chi connectivity index (χ2n) is 6.15. The zero-order chi connectivity index (χ0) is 19.4. The number of carbonyl (C=O) groups is 1. The number of para-hydroxylation sites is 1. The Morgan fingerprint density at radius 2 is 1.85 bits per heavy atom. The molecular formula is C20H21N3O4. The number of hydrogen-bond acceptors (Lipinski definition) is 5. The van der Waals surface area contributed by atoms with Gasteiger partial charge in [-0.1, -0.05) is 12.1 Å². The lowest BCUT2D eigenvalue weighted by Crippen LogP contribution is -2.32. The van der Waals surface area contributed by atoms with Crippen LogP contribution in [0.15, 0.2) is 47.5 Å². The molecule has 27 heavy (non-hydrogen) atoms. The van der Waals surface area contributed by atoms with Crippen molar-refractivity contribution in [1.82, 2.24) is 14.9 Å². The lowest BCUT2D eigenvalue weighted by Gasteiger charge is -2.11. The smallest absolute Gasteiger partial charge is 0.261 e. The summed E-state index contributed by atoms with van der Waals surface area (Å²) in [5.74, 6) is 1.00. The summed E-state index contributed by atoms with van der Waals surface area (Å²) < 4.78 is 11.7. The molecule has 0 spiro atoms. The van der Waals surface area contributed by atoms with Gasteiger partial charge in [-0.2, -0.15) is 0 Å². The summed E-state index contributed by atoms with van der Waals surface area (Å²) in [7, 11) is 3.13. The standard InChI is InChI=1S/C20H21N3O4/c1-13-5-4-6-17-19(13)22-12-23(20(17)25)11-18(24)21-10-14-7-15(26-2)9-16(8-14)27-3/h4-9,12H,10-11H2,1-3H3,(H,21,24). The number of ether oxygens (including phenoxy) is 2. The summed E-state index contributed by atoms with van der Waals surface area (Å²) in [5.41, 5.74) is 2.18. The summed E-state index contributed by atoms with van der Waals surface area (Å²) in [5, 5.41) is 3.30. The summed E-state index contributed by atoms with van der Waals surface area (Å²) in [6, 6.07) is 10.8. The Labute approximate surface area is 156 Å². The normalized spacial score (nSPS) is 10.6. The molecule has 0 unspecified atom stereocenters. The van der Waals surface area contributed by atoms with Crippen LogP contribution in [0.2, 0.25) is 0 Å². The second-order valence-corrected chi connectivity index (χ2v) is 6.15. The van der Waals surface area contributed by atoms with E-state index in [-0.39, 0.29) is 18.0 Å². The van der Waals surface area contributed by atoms with Crippen molar-refractivity contribution in [3.63, 3.8) is 0 Å². The number of nitrogens with zero attached hydrogens (tertiary/aromatic N) is 2. The van der Waals surface area contributed by atoms with Crippen LogP contribution < -0.4 is 20.3 Å². The highest BCUT2D eigenvalue weighted by Gasteiger charge is 2.10. The maximum absolute atomic E-state index is 12.6. The van der Waals surface area contributed by atoms with Crippen LogP contribution in [-0.2, 0) is 17.9 Å². The first kappa shape index (κ1) is 18.4. The van der Waals surface area contributed by atoms with Crippen molar-refractivity contribution >= 4 is 16.8 Å². The molecule has 0 fully saturated rings. The van der Waals surface area contributed by atoms with E-state index in [0.717, 1.165) is 11.1 Å². The monoisotopic (exact) mass is 367 g/mol. The average molecular weight is 367 g/mol. The molecule has 2 aromatic carbocycles. The molecule has 0 aliphatic rings. The fourth-order valence-corrected chi connectivity index (χ4v) is 2.83. The zero-order valence-corrected chi connectivity index (χ0v) is 15.5. The Bertz CT molecular complexity index is 1020. The van der Waals surface area contributed by atoms with Crippen LogP contribution >= 0.6 is 0 Å². The number of amides is 1. The van der Waals surface area contributed by atoms with Gasteiger partial charge in [0.25, 0.3) is 5.56 Å². The van der Waals surface area contributed by atoms with Gasteiger partial charge in [-0.25, -0.2) is 4.98 Å². The van der Waals surface area contributed by atoms with E-state index in [1.165, 1.54) is 10.9 Å². The highest BCUT2D eigenvalue weighted by molar-refractivity contribution is 5.81. The van der Waals surface area contributed by atoms with Gasteiger partial charge < -0.3 is 14.8 Å². The first-order chi connectivity index (χ1) is 13.0. The Morgan fingerprint density at radius 3 is 2.52 bits per heavy atom. The quantitative estimate of drug-likeness (QED) is 0.721. The second kappa shape index (κ2) is 7.90. The Hall–Kier alpha value is -3.35. The van der Waals surface area contributed by atoms with Crippen LogP contribution in [0.25, 0.3) is 10.9 Å². The van der Waals surface area contributed by atoms with Crippen LogP contribution in [0, 0.1) is 6.92 Å². The highest BCUT2D eigenvalue weighted by atomic mass is 16.5. The number of carbonyl (C=O) groups excluding carboxylic acids is 1. The first-order valence-corrected chi connectivity index (χ1v) is 8.45. The number of aromatic nitrogens is 2. The number of benzene rings is 2. The Kier molecular flexibility index (Phi) is 5.40. The van der Waals surface area contributed by atoms with Crippen molar-refractivity contribution in [3.8, 4) is 11.5 Å². The van der Waals surface area contributed by atoms with Crippen LogP contribution in [0.3, 0.4) is 0 Å². The topological polar surface area (TPSA) is 82.5 Å². The number of rotatable bonds is 6. The maximum atomic E-state index is 12.6. The first-order valence-electron chi connectivity index (χ1n) is 8.45. The molecule has 0 aliphatic heterocycles. The minimum atomic E-state index is -0.285. The Balaban J connectivity index is 1.72. The van der Waals surface area contributed by atoms with Gasteiger partial charge in [0, 0.05) is 12.6 Å². The zero-order valence-electron chi connectivity index (χ0n) is 15.5. The number of hydrogen-bond donors (Lipinski definition) is 1. The number of nitrogens with one attached hydrogen (secondary N) is 1. The molecule has 1 N–H and O–H groups in total. The van der Waals surface area contributed by atoms with E-state index >= 15 is 0 Å². The predicted molar refractivity (Wildman–Crippen MR) is 102 cm³/mol. The molecule has 0 atom stereocenters. The summed E-state index contributed by atoms with van der Waals surface area (Å²) in [6.45, 7) is 2.09. The molecule has 7 heteroatoms. The van der Waals surface area contributed by atoms with Crippen molar-refractivity contribution in [2.75, 3.05) is 14.2 Å². The third kappa shape index (κ3) is 4.08. The molecule has 0 saturated carbocycles. The van der Waals surface area contributed by atoms with E-state index < -0.39 is 0 Å². The van der Waals surface area contributed by atoms with Gasteiger partial charge in [-0.3, -0.25) is 14.2 Å². The van der Waals surface area contributed by atoms with Crippen molar-refractivity contribution in [2.24, 2.45) is 0 Å². The maximum Gasteiger partial charge on any atom is 0.261 e. The molecule has 0 aliphatic carbocycles. The predicted octanol–water partition coefficient (Wildman–Crippen LogP) is 2.04. The van der Waals surface area contributed by atoms with Crippen molar-refractivity contribution in [3.05, 3.63) is 64.2 Å². The van der Waals surface area contributed by atoms with Crippen molar-refractivity contribution < 1.29 is 14.3 Å². The van der Waals surface area contributed by atoms with Gasteiger partial charge in [-0.05, 0) is 36.2 Å². The van der Waals surface area contributed by atoms with Gasteiger partial charge in [0.2, 0.25) is 5.91 Å². The average Bonchev–Trinajstić information content (AvgIpc) is 2.68. The molecule has 0 radical (unpaired) electrons. The molecule has 140 valence electrons. The molecule has 0 bridgehead atoms. The molecule has 1 aromatic heterocycles. The minimum absolute atomic E-state index is 0.100. The molecule has 3 aromatic rings. The number of methoxy groups -OCH3 is 2. The van der Waals surface area contributed by atoms with Crippen LogP contribution in [-0.4, -0.2) is 29.7 Å². The fourth-order valence-electron chi connectivity index (χ4n) is 2.83. The van der Waals surface area contributed by atoms with E-state index in [1.807, 2.05) is 25.1 Å². The lowest BCUT2D eigenvalue weighted by atomic mass is 10.1. The molecular weight excluding hydrogens is 346 g/mol. The number of aryl methyl sites for hydroxylation is 1. The summed E-state index contributed by atoms with van der Waals surface area (Å²) in [4.78, 5) is 29.2. The third-order valence-electron chi connectivity index (χ3n) is 4.27. The summed E-state index contributed by atoms with van der Waals surface area (Å²) >= 11 is 0. The van der Waals surface area contributed by atoms with Crippen LogP contribution in [0.1, 0.15) is 11.1 Å². The Morgan fingerprint density at radius 1 is 1.15 bits per heavy atom. The van der Waals surface area contributed by atoms with Gasteiger partial charge >= 0.3 is 0 Å². The van der Waals surface area contributed by atoms with Crippen LogP contribution in [0.4, 0.5) is 0 Å². The van der Waals surface area contributed by atoms with E-state index in [9.17, 15) is 9.59 Å². The summed E-state index contributed by atoms with van der Waals surface area (Å²) in [6.07, 6.45) is 1.41. The van der Waals surface area contributed by atoms with Gasteiger partial charge in [0.1, 0.15) is 18.0 Å². The highest BCUT2D eigenvalue weighted by Crippen LogP contribution is 2.22. The third-order valence-corrected chi connectivity index (χ3v) is 4.27. The van der Waals surface area contributed by atoms with Gasteiger partial charge in [0.15, 0.2) is 0 Å². The van der Waals surface area contributed by atoms with Gasteiger partial charge in [0.05, 0.1) is 31.4 Å². The van der Waals surface area contributed by atoms with Crippen molar-refractivity contribution in [1.29, 1.82) is 0 Å². The molecule has 0 saturated heterocycles. The van der Waals surface area contributed by atoms with E-state index in [4.69, 9.17) is 9.47 Å². The molecule has 1 heterocycles. The fraction of sp³-hybridized carbons (Fsp3) is 0.250. The van der Waals surface area contributed by atoms with Crippen molar-refractivity contribution in [2.45, 2.75) is 20.0 Å². The molecule has 7 nitrogen and oxygen atoms in total. The minimum Gasteiger partial charge on any atom is -0.497 e. The largest absolute Gasteiger partial charge is 0.497 e. The molecule has 1 amide bonds. The lowest BCUT2D eigenvalue weighted by molar-refractivity contribution is -0.121.